The van der Waals surface area contributed by atoms with Crippen molar-refractivity contribution in [2.45, 2.75) is 25.1 Å². The minimum absolute atomic E-state index is 0.00587. The molecule has 0 spiro atoms. The molecule has 1 fully saturated rings. The smallest absolute Gasteiger partial charge is 0.367 e. The fourth-order valence-electron chi connectivity index (χ4n) is 3.53. The maximum absolute atomic E-state index is 13.0. The van der Waals surface area contributed by atoms with Crippen LogP contribution in [-0.4, -0.2) is 32.7 Å². The molecule has 3 heterocycles. The molecule has 29 heavy (non-hydrogen) atoms. The molecule has 3 aromatic rings. The molecule has 1 saturated heterocycles. The van der Waals surface area contributed by atoms with Gasteiger partial charge >= 0.3 is 6.18 Å². The summed E-state index contributed by atoms with van der Waals surface area (Å²) in [6.07, 6.45) is 2.35. The number of aromatic nitrogens is 4. The molecule has 1 aliphatic rings. The van der Waals surface area contributed by atoms with Gasteiger partial charge in [0.2, 0.25) is 0 Å². The predicted molar refractivity (Wildman–Crippen MR) is 103 cm³/mol. The summed E-state index contributed by atoms with van der Waals surface area (Å²) >= 11 is 6.32. The lowest BCUT2D eigenvalue weighted by atomic mass is 10.1. The monoisotopic (exact) mass is 423 g/mol. The van der Waals surface area contributed by atoms with E-state index in [1.54, 1.807) is 6.20 Å². The van der Waals surface area contributed by atoms with Gasteiger partial charge in [0.1, 0.15) is 5.02 Å². The second-order valence-electron chi connectivity index (χ2n) is 6.84. The zero-order chi connectivity index (χ0) is 20.6. The first-order valence-corrected chi connectivity index (χ1v) is 9.42. The SMILES string of the molecule is O=c1c(Cl)c(N2CCCC(n3cccn3)C2)cnn1-c1cccc(C(F)(F)F)c1. The van der Waals surface area contributed by atoms with Crippen LogP contribution in [0.15, 0.2) is 53.7 Å². The van der Waals surface area contributed by atoms with E-state index in [0.29, 0.717) is 18.8 Å². The highest BCUT2D eigenvalue weighted by molar-refractivity contribution is 6.33. The standard InChI is InChI=1S/C19H17ClF3N5O/c20-17-16(26-8-2-6-15(12-26)27-9-3-7-24-27)11-25-28(18(17)29)14-5-1-4-13(10-14)19(21,22)23/h1,3-5,7,9-11,15H,2,6,8,12H2. The number of hydrogen-bond donors (Lipinski definition) is 0. The Morgan fingerprint density at radius 2 is 2.00 bits per heavy atom. The third-order valence-electron chi connectivity index (χ3n) is 4.95. The van der Waals surface area contributed by atoms with Crippen molar-refractivity contribution in [3.8, 4) is 5.69 Å². The van der Waals surface area contributed by atoms with Gasteiger partial charge in [-0.25, -0.2) is 0 Å². The van der Waals surface area contributed by atoms with Crippen LogP contribution in [0.5, 0.6) is 0 Å². The maximum Gasteiger partial charge on any atom is 0.416 e. The van der Waals surface area contributed by atoms with Crippen molar-refractivity contribution >= 4 is 17.3 Å². The molecule has 0 radical (unpaired) electrons. The summed E-state index contributed by atoms with van der Waals surface area (Å²) in [5.74, 6) is 0. The van der Waals surface area contributed by atoms with E-state index in [1.807, 2.05) is 21.8 Å². The molecule has 0 saturated carbocycles. The quantitative estimate of drug-likeness (QED) is 0.640. The number of rotatable bonds is 3. The van der Waals surface area contributed by atoms with Crippen LogP contribution in [0.25, 0.3) is 5.69 Å². The third-order valence-corrected chi connectivity index (χ3v) is 5.31. The summed E-state index contributed by atoms with van der Waals surface area (Å²) in [5.41, 5.74) is -1.05. The first kappa shape index (κ1) is 19.5. The van der Waals surface area contributed by atoms with Crippen LogP contribution in [0.2, 0.25) is 5.02 Å². The molecule has 1 unspecified atom stereocenters. The summed E-state index contributed by atoms with van der Waals surface area (Å²) in [4.78, 5) is 14.7. The Balaban J connectivity index is 1.65. The number of benzene rings is 1. The molecule has 0 aliphatic carbocycles. The highest BCUT2D eigenvalue weighted by Gasteiger charge is 2.31. The van der Waals surface area contributed by atoms with Crippen molar-refractivity contribution in [1.29, 1.82) is 0 Å². The minimum atomic E-state index is -4.52. The van der Waals surface area contributed by atoms with Crippen molar-refractivity contribution < 1.29 is 13.2 Å². The number of hydrogen-bond acceptors (Lipinski definition) is 4. The van der Waals surface area contributed by atoms with Gasteiger partial charge in [0.05, 0.1) is 29.2 Å². The van der Waals surface area contributed by atoms with Crippen LogP contribution in [-0.2, 0) is 6.18 Å². The molecule has 1 aliphatic heterocycles. The van der Waals surface area contributed by atoms with Crippen molar-refractivity contribution in [3.63, 3.8) is 0 Å². The van der Waals surface area contributed by atoms with Crippen LogP contribution in [0.1, 0.15) is 24.4 Å². The van der Waals surface area contributed by atoms with Crippen LogP contribution in [0.3, 0.4) is 0 Å². The van der Waals surface area contributed by atoms with Gasteiger partial charge in [-0.2, -0.15) is 28.1 Å². The van der Waals surface area contributed by atoms with Gasteiger partial charge in [0, 0.05) is 25.5 Å². The molecular formula is C19H17ClF3N5O. The summed E-state index contributed by atoms with van der Waals surface area (Å²) in [6.45, 7) is 1.31. The van der Waals surface area contributed by atoms with Crippen molar-refractivity contribution in [3.05, 3.63) is 69.9 Å². The molecular weight excluding hydrogens is 407 g/mol. The maximum atomic E-state index is 13.0. The first-order chi connectivity index (χ1) is 13.8. The van der Waals surface area contributed by atoms with E-state index >= 15 is 0 Å². The highest BCUT2D eigenvalue weighted by Crippen LogP contribution is 2.31. The van der Waals surface area contributed by atoms with E-state index in [2.05, 4.69) is 10.2 Å². The second-order valence-corrected chi connectivity index (χ2v) is 7.21. The molecule has 2 aromatic heterocycles. The molecule has 6 nitrogen and oxygen atoms in total. The largest absolute Gasteiger partial charge is 0.416 e. The Kier molecular flexibility index (Phi) is 5.08. The van der Waals surface area contributed by atoms with Gasteiger partial charge in [0.15, 0.2) is 0 Å². The van der Waals surface area contributed by atoms with Crippen molar-refractivity contribution in [1.82, 2.24) is 19.6 Å². The Morgan fingerprint density at radius 1 is 1.17 bits per heavy atom. The Labute approximate surface area is 169 Å². The highest BCUT2D eigenvalue weighted by atomic mass is 35.5. The van der Waals surface area contributed by atoms with E-state index in [9.17, 15) is 18.0 Å². The first-order valence-electron chi connectivity index (χ1n) is 9.04. The lowest BCUT2D eigenvalue weighted by molar-refractivity contribution is -0.137. The summed E-state index contributed by atoms with van der Waals surface area (Å²) < 4.78 is 41.7. The van der Waals surface area contributed by atoms with Crippen LogP contribution < -0.4 is 10.5 Å². The van der Waals surface area contributed by atoms with E-state index in [0.717, 1.165) is 29.7 Å². The molecule has 152 valence electrons. The number of nitrogens with zero attached hydrogens (tertiary/aromatic N) is 5. The van der Waals surface area contributed by atoms with Gasteiger partial charge in [-0.3, -0.25) is 9.48 Å². The van der Waals surface area contributed by atoms with Crippen molar-refractivity contribution in [2.24, 2.45) is 0 Å². The lowest BCUT2D eigenvalue weighted by Gasteiger charge is -2.34. The Bertz CT molecular complexity index is 1060. The molecule has 1 atom stereocenters. The number of halogens is 4. The molecule has 0 N–H and O–H groups in total. The zero-order valence-electron chi connectivity index (χ0n) is 15.2. The molecule has 10 heteroatoms. The van der Waals surface area contributed by atoms with Gasteiger partial charge < -0.3 is 4.90 Å². The predicted octanol–water partition coefficient (Wildman–Crippen LogP) is 3.94. The van der Waals surface area contributed by atoms with Gasteiger partial charge in [-0.15, -0.1) is 0 Å². The van der Waals surface area contributed by atoms with E-state index < -0.39 is 17.3 Å². The van der Waals surface area contributed by atoms with E-state index in [1.165, 1.54) is 18.3 Å². The number of alkyl halides is 3. The Hall–Kier alpha value is -2.81. The van der Waals surface area contributed by atoms with Gasteiger partial charge in [-0.1, -0.05) is 17.7 Å². The van der Waals surface area contributed by atoms with Crippen LogP contribution in [0, 0.1) is 0 Å². The van der Waals surface area contributed by atoms with Gasteiger partial charge in [0.25, 0.3) is 5.56 Å². The summed E-state index contributed by atoms with van der Waals surface area (Å²) in [5, 5.41) is 8.29. The average molecular weight is 424 g/mol. The van der Waals surface area contributed by atoms with Gasteiger partial charge in [-0.05, 0) is 37.1 Å². The summed E-state index contributed by atoms with van der Waals surface area (Å²) in [7, 11) is 0. The molecule has 1 aromatic carbocycles. The fraction of sp³-hybridized carbons (Fsp3) is 0.316. The normalized spacial score (nSPS) is 17.5. The number of piperidine rings is 1. The minimum Gasteiger partial charge on any atom is -0.367 e. The zero-order valence-corrected chi connectivity index (χ0v) is 15.9. The van der Waals surface area contributed by atoms with Crippen LogP contribution in [0.4, 0.5) is 18.9 Å². The molecule has 0 bridgehead atoms. The van der Waals surface area contributed by atoms with E-state index in [4.69, 9.17) is 11.6 Å². The molecule has 4 rings (SSSR count). The van der Waals surface area contributed by atoms with E-state index in [-0.39, 0.29) is 16.8 Å². The number of anilines is 1. The lowest BCUT2D eigenvalue weighted by Crippen LogP contribution is -2.38. The topological polar surface area (TPSA) is 56.0 Å². The van der Waals surface area contributed by atoms with Crippen LogP contribution >= 0.6 is 11.6 Å². The second kappa shape index (κ2) is 7.55. The molecule has 0 amide bonds. The fourth-order valence-corrected chi connectivity index (χ4v) is 3.78. The summed E-state index contributed by atoms with van der Waals surface area (Å²) in [6, 6.07) is 6.42. The third kappa shape index (κ3) is 3.87. The average Bonchev–Trinajstić information content (AvgIpc) is 3.24. The van der Waals surface area contributed by atoms with Crippen molar-refractivity contribution in [2.75, 3.05) is 18.0 Å². The Morgan fingerprint density at radius 3 is 2.72 bits per heavy atom.